The van der Waals surface area contributed by atoms with E-state index >= 15 is 0 Å². The minimum Gasteiger partial charge on any atom is -0.481 e. The standard InChI is InChI=1S/C12H12F2O4/c13-11(14)18-9-3-1-2-7(4-9)12(10(16)17)5-8(15)6-12/h1-4,8,11,15H,5-6H2,(H,16,17). The van der Waals surface area contributed by atoms with Gasteiger partial charge in [0.05, 0.1) is 11.5 Å². The zero-order valence-electron chi connectivity index (χ0n) is 9.35. The van der Waals surface area contributed by atoms with Crippen LogP contribution in [-0.4, -0.2) is 28.9 Å². The smallest absolute Gasteiger partial charge is 0.387 e. The summed E-state index contributed by atoms with van der Waals surface area (Å²) in [5.74, 6) is -1.15. The maximum atomic E-state index is 12.1. The Labute approximate surface area is 102 Å². The Morgan fingerprint density at radius 3 is 2.61 bits per heavy atom. The van der Waals surface area contributed by atoms with Crippen molar-refractivity contribution in [2.24, 2.45) is 0 Å². The van der Waals surface area contributed by atoms with E-state index in [1.54, 1.807) is 6.07 Å². The van der Waals surface area contributed by atoms with Crippen LogP contribution >= 0.6 is 0 Å². The summed E-state index contributed by atoms with van der Waals surface area (Å²) in [6.45, 7) is -2.95. The van der Waals surface area contributed by atoms with Crippen molar-refractivity contribution >= 4 is 5.97 Å². The lowest BCUT2D eigenvalue weighted by atomic mass is 9.63. The number of hydrogen-bond acceptors (Lipinski definition) is 3. The monoisotopic (exact) mass is 258 g/mol. The van der Waals surface area contributed by atoms with Gasteiger partial charge in [0.15, 0.2) is 0 Å². The Kier molecular flexibility index (Phi) is 3.21. The van der Waals surface area contributed by atoms with Gasteiger partial charge in [0.2, 0.25) is 0 Å². The Bertz CT molecular complexity index is 455. The lowest BCUT2D eigenvalue weighted by molar-refractivity contribution is -0.152. The first-order chi connectivity index (χ1) is 8.44. The molecule has 0 bridgehead atoms. The minimum absolute atomic E-state index is 0.0792. The van der Waals surface area contributed by atoms with Crippen molar-refractivity contribution in [3.05, 3.63) is 29.8 Å². The van der Waals surface area contributed by atoms with Gasteiger partial charge in [-0.3, -0.25) is 4.79 Å². The van der Waals surface area contributed by atoms with Gasteiger partial charge in [-0.15, -0.1) is 0 Å². The molecule has 1 aliphatic carbocycles. The van der Waals surface area contributed by atoms with Crippen LogP contribution in [0.2, 0.25) is 0 Å². The van der Waals surface area contributed by atoms with Crippen LogP contribution in [0.3, 0.4) is 0 Å². The molecule has 1 aromatic carbocycles. The molecule has 1 aromatic rings. The van der Waals surface area contributed by atoms with Gasteiger partial charge in [-0.1, -0.05) is 12.1 Å². The third kappa shape index (κ3) is 2.15. The van der Waals surface area contributed by atoms with E-state index in [-0.39, 0.29) is 18.6 Å². The zero-order valence-corrected chi connectivity index (χ0v) is 9.35. The fourth-order valence-electron chi connectivity index (χ4n) is 2.25. The van der Waals surface area contributed by atoms with Gasteiger partial charge in [-0.25, -0.2) is 0 Å². The van der Waals surface area contributed by atoms with Crippen LogP contribution < -0.4 is 4.74 Å². The van der Waals surface area contributed by atoms with E-state index in [2.05, 4.69) is 4.74 Å². The average molecular weight is 258 g/mol. The fourth-order valence-corrected chi connectivity index (χ4v) is 2.25. The van der Waals surface area contributed by atoms with Crippen LogP contribution in [0.15, 0.2) is 24.3 Å². The maximum Gasteiger partial charge on any atom is 0.387 e. The molecule has 18 heavy (non-hydrogen) atoms. The van der Waals surface area contributed by atoms with Crippen LogP contribution in [0.5, 0.6) is 5.75 Å². The highest BCUT2D eigenvalue weighted by Gasteiger charge is 2.51. The summed E-state index contributed by atoms with van der Waals surface area (Å²) in [4.78, 5) is 11.3. The topological polar surface area (TPSA) is 66.8 Å². The van der Waals surface area contributed by atoms with Gasteiger partial charge in [0.25, 0.3) is 0 Å². The van der Waals surface area contributed by atoms with Crippen LogP contribution in [0.4, 0.5) is 8.78 Å². The molecular weight excluding hydrogens is 246 g/mol. The number of carboxylic acids is 1. The van der Waals surface area contributed by atoms with E-state index in [1.165, 1.54) is 18.2 Å². The zero-order chi connectivity index (χ0) is 13.3. The van der Waals surface area contributed by atoms with E-state index in [0.717, 1.165) is 0 Å². The summed E-state index contributed by atoms with van der Waals surface area (Å²) in [6.07, 6.45) is -0.498. The number of aliphatic hydroxyl groups is 1. The molecule has 0 unspecified atom stereocenters. The predicted molar refractivity (Wildman–Crippen MR) is 57.6 cm³/mol. The number of halogens is 2. The molecule has 1 aliphatic rings. The third-order valence-corrected chi connectivity index (χ3v) is 3.19. The number of benzene rings is 1. The van der Waals surface area contributed by atoms with Gasteiger partial charge in [-0.2, -0.15) is 8.78 Å². The molecule has 2 N–H and O–H groups in total. The van der Waals surface area contributed by atoms with Crippen molar-refractivity contribution in [3.8, 4) is 5.75 Å². The molecule has 1 fully saturated rings. The minimum atomic E-state index is -2.95. The van der Waals surface area contributed by atoms with Crippen molar-refractivity contribution in [2.75, 3.05) is 0 Å². The molecule has 4 nitrogen and oxygen atoms in total. The molecule has 98 valence electrons. The molecule has 2 rings (SSSR count). The van der Waals surface area contributed by atoms with Gasteiger partial charge >= 0.3 is 12.6 Å². The molecule has 1 saturated carbocycles. The van der Waals surface area contributed by atoms with Gasteiger partial charge < -0.3 is 14.9 Å². The van der Waals surface area contributed by atoms with Crippen molar-refractivity contribution in [3.63, 3.8) is 0 Å². The molecule has 0 aromatic heterocycles. The predicted octanol–water partition coefficient (Wildman–Crippen LogP) is 1.77. The van der Waals surface area contributed by atoms with E-state index in [0.29, 0.717) is 5.56 Å². The highest BCUT2D eigenvalue weighted by Crippen LogP contribution is 2.45. The van der Waals surface area contributed by atoms with Crippen molar-refractivity contribution in [1.82, 2.24) is 0 Å². The molecule has 6 heteroatoms. The normalized spacial score (nSPS) is 26.8. The summed E-state index contributed by atoms with van der Waals surface area (Å²) in [7, 11) is 0. The first-order valence-electron chi connectivity index (χ1n) is 5.41. The highest BCUT2D eigenvalue weighted by molar-refractivity contribution is 5.83. The lowest BCUT2D eigenvalue weighted by Crippen LogP contribution is -2.50. The summed E-state index contributed by atoms with van der Waals surface area (Å²) in [6, 6.07) is 5.62. The van der Waals surface area contributed by atoms with E-state index in [1.807, 2.05) is 0 Å². The summed E-state index contributed by atoms with van der Waals surface area (Å²) < 4.78 is 28.4. The Morgan fingerprint density at radius 1 is 1.44 bits per heavy atom. The van der Waals surface area contributed by atoms with Gasteiger partial charge in [0.1, 0.15) is 5.75 Å². The number of aliphatic carboxylic acids is 1. The second kappa shape index (κ2) is 4.53. The molecule has 0 heterocycles. The number of aliphatic hydroxyl groups excluding tert-OH is 1. The van der Waals surface area contributed by atoms with Crippen LogP contribution in [-0.2, 0) is 10.2 Å². The van der Waals surface area contributed by atoms with E-state index in [9.17, 15) is 23.8 Å². The van der Waals surface area contributed by atoms with E-state index < -0.39 is 24.1 Å². The number of rotatable bonds is 4. The molecule has 0 aliphatic heterocycles. The third-order valence-electron chi connectivity index (χ3n) is 3.19. The summed E-state index contributed by atoms with van der Waals surface area (Å²) in [5, 5.41) is 18.5. The largest absolute Gasteiger partial charge is 0.481 e. The number of ether oxygens (including phenoxy) is 1. The first kappa shape index (κ1) is 12.8. The van der Waals surface area contributed by atoms with Crippen LogP contribution in [0.1, 0.15) is 18.4 Å². The molecule has 0 atom stereocenters. The SMILES string of the molecule is O=C(O)C1(c2cccc(OC(F)F)c2)CC(O)C1. The molecule has 0 spiro atoms. The fraction of sp³-hybridized carbons (Fsp3) is 0.417. The molecule has 0 saturated heterocycles. The van der Waals surface area contributed by atoms with Crippen LogP contribution in [0.25, 0.3) is 0 Å². The molecule has 0 amide bonds. The molecule has 0 radical (unpaired) electrons. The highest BCUT2D eigenvalue weighted by atomic mass is 19.3. The Morgan fingerprint density at radius 2 is 2.11 bits per heavy atom. The second-order valence-electron chi connectivity index (χ2n) is 4.36. The van der Waals surface area contributed by atoms with Crippen molar-refractivity contribution in [2.45, 2.75) is 31.0 Å². The Hall–Kier alpha value is -1.69. The number of carbonyl (C=O) groups is 1. The maximum absolute atomic E-state index is 12.1. The number of hydrogen-bond donors (Lipinski definition) is 2. The molecular formula is C12H12F2O4. The quantitative estimate of drug-likeness (QED) is 0.863. The average Bonchev–Trinajstić information content (AvgIpc) is 2.23. The number of carboxylic acid groups (broad SMARTS) is 1. The summed E-state index contributed by atoms with van der Waals surface area (Å²) in [5.41, 5.74) is -0.820. The van der Waals surface area contributed by atoms with Crippen LogP contribution in [0, 0.1) is 0 Å². The first-order valence-corrected chi connectivity index (χ1v) is 5.41. The van der Waals surface area contributed by atoms with Gasteiger partial charge in [-0.05, 0) is 30.5 Å². The number of alkyl halides is 2. The Balaban J connectivity index is 2.29. The van der Waals surface area contributed by atoms with E-state index in [4.69, 9.17) is 0 Å². The van der Waals surface area contributed by atoms with Crippen molar-refractivity contribution < 1.29 is 28.5 Å². The van der Waals surface area contributed by atoms with Gasteiger partial charge in [0, 0.05) is 0 Å². The summed E-state index contributed by atoms with van der Waals surface area (Å²) >= 11 is 0. The van der Waals surface area contributed by atoms with Crippen molar-refractivity contribution in [1.29, 1.82) is 0 Å². The second-order valence-corrected chi connectivity index (χ2v) is 4.36. The lowest BCUT2D eigenvalue weighted by Gasteiger charge is -2.42.